The number of rotatable bonds is 6. The van der Waals surface area contributed by atoms with Gasteiger partial charge in [0.25, 0.3) is 0 Å². The molecule has 1 aliphatic heterocycles. The Morgan fingerprint density at radius 2 is 2.30 bits per heavy atom. The fraction of sp³-hybridized carbons (Fsp3) is 0.643. The molecular weight excluding hydrogens is 276 g/mol. The van der Waals surface area contributed by atoms with Gasteiger partial charge in [0.05, 0.1) is 19.3 Å². The maximum absolute atomic E-state index is 11.9. The molecule has 5 nitrogen and oxygen atoms in total. The van der Waals surface area contributed by atoms with Gasteiger partial charge in [0.1, 0.15) is 6.10 Å². The van der Waals surface area contributed by atoms with Crippen molar-refractivity contribution in [3.63, 3.8) is 0 Å². The summed E-state index contributed by atoms with van der Waals surface area (Å²) in [6.45, 7) is 5.67. The van der Waals surface area contributed by atoms with Crippen LogP contribution in [0.5, 0.6) is 0 Å². The summed E-state index contributed by atoms with van der Waals surface area (Å²) < 4.78 is 10.4. The number of nitrogens with zero attached hydrogens (tertiary/aromatic N) is 1. The first kappa shape index (κ1) is 15.4. The normalized spacial score (nSPS) is 19.5. The van der Waals surface area contributed by atoms with Crippen LogP contribution in [0.25, 0.3) is 0 Å². The lowest BCUT2D eigenvalue weighted by Gasteiger charge is -2.34. The van der Waals surface area contributed by atoms with Gasteiger partial charge in [-0.3, -0.25) is 9.69 Å². The zero-order valence-electron chi connectivity index (χ0n) is 12.0. The van der Waals surface area contributed by atoms with E-state index < -0.39 is 6.10 Å². The van der Waals surface area contributed by atoms with Crippen molar-refractivity contribution in [2.45, 2.75) is 19.1 Å². The van der Waals surface area contributed by atoms with Gasteiger partial charge >= 0.3 is 0 Å². The maximum atomic E-state index is 11.9. The van der Waals surface area contributed by atoms with Crippen molar-refractivity contribution in [1.29, 1.82) is 0 Å². The lowest BCUT2D eigenvalue weighted by Crippen LogP contribution is -2.45. The van der Waals surface area contributed by atoms with Crippen LogP contribution >= 0.6 is 11.3 Å². The Morgan fingerprint density at radius 1 is 1.55 bits per heavy atom. The van der Waals surface area contributed by atoms with Crippen LogP contribution in [0.4, 0.5) is 0 Å². The molecule has 6 heteroatoms. The highest BCUT2D eigenvalue weighted by atomic mass is 32.1. The molecule has 0 bridgehead atoms. The Hall–Kier alpha value is -0.950. The van der Waals surface area contributed by atoms with Gasteiger partial charge in [0, 0.05) is 31.6 Å². The first-order chi connectivity index (χ1) is 9.72. The monoisotopic (exact) mass is 298 g/mol. The van der Waals surface area contributed by atoms with E-state index in [0.29, 0.717) is 6.54 Å². The van der Waals surface area contributed by atoms with E-state index in [1.165, 1.54) is 4.88 Å². The molecule has 1 aliphatic rings. The van der Waals surface area contributed by atoms with Crippen LogP contribution in [0, 0.1) is 0 Å². The molecule has 2 unspecified atom stereocenters. The summed E-state index contributed by atoms with van der Waals surface area (Å²) in [6, 6.07) is 4.39. The molecule has 1 fully saturated rings. The van der Waals surface area contributed by atoms with Gasteiger partial charge in [-0.15, -0.1) is 11.3 Å². The van der Waals surface area contributed by atoms with Gasteiger partial charge in [0.2, 0.25) is 5.91 Å². The Bertz CT molecular complexity index is 405. The quantitative estimate of drug-likeness (QED) is 0.859. The van der Waals surface area contributed by atoms with Crippen LogP contribution in [0.15, 0.2) is 17.5 Å². The molecule has 0 radical (unpaired) electrons. The Morgan fingerprint density at radius 3 is 2.90 bits per heavy atom. The molecule has 0 spiro atoms. The minimum absolute atomic E-state index is 0.0673. The van der Waals surface area contributed by atoms with E-state index in [4.69, 9.17) is 9.47 Å². The van der Waals surface area contributed by atoms with Crippen molar-refractivity contribution >= 4 is 17.2 Å². The highest BCUT2D eigenvalue weighted by Crippen LogP contribution is 2.25. The molecule has 0 aliphatic carbocycles. The van der Waals surface area contributed by atoms with Crippen molar-refractivity contribution in [1.82, 2.24) is 10.2 Å². The van der Waals surface area contributed by atoms with Crippen molar-refractivity contribution in [2.75, 3.05) is 40.0 Å². The summed E-state index contributed by atoms with van der Waals surface area (Å²) >= 11 is 1.73. The summed E-state index contributed by atoms with van der Waals surface area (Å²) in [7, 11) is 1.54. The Kier molecular flexibility index (Phi) is 5.97. The fourth-order valence-electron chi connectivity index (χ4n) is 2.23. The molecule has 2 rings (SSSR count). The molecule has 20 heavy (non-hydrogen) atoms. The third-order valence-electron chi connectivity index (χ3n) is 3.55. The van der Waals surface area contributed by atoms with E-state index in [1.807, 2.05) is 6.07 Å². The standard InChI is InChI=1S/C14H22N2O3S/c1-11(18-2)14(17)15-10-12(13-4-3-9-20-13)16-5-7-19-8-6-16/h3-4,9,11-12H,5-8,10H2,1-2H3,(H,15,17). The van der Waals surface area contributed by atoms with Gasteiger partial charge < -0.3 is 14.8 Å². The SMILES string of the molecule is COC(C)C(=O)NCC(c1cccs1)N1CCOCC1. The summed E-state index contributed by atoms with van der Waals surface area (Å²) in [4.78, 5) is 15.5. The first-order valence-electron chi connectivity index (χ1n) is 6.88. The molecule has 1 saturated heterocycles. The largest absolute Gasteiger partial charge is 0.379 e. The lowest BCUT2D eigenvalue weighted by molar-refractivity contribution is -0.130. The topological polar surface area (TPSA) is 50.8 Å². The lowest BCUT2D eigenvalue weighted by atomic mass is 10.2. The van der Waals surface area contributed by atoms with Gasteiger partial charge in [0.15, 0.2) is 0 Å². The van der Waals surface area contributed by atoms with Crippen LogP contribution in [0.3, 0.4) is 0 Å². The van der Waals surface area contributed by atoms with Crippen LogP contribution in [0.2, 0.25) is 0 Å². The first-order valence-corrected chi connectivity index (χ1v) is 7.76. The molecule has 112 valence electrons. The number of ether oxygens (including phenoxy) is 2. The van der Waals surface area contributed by atoms with E-state index in [-0.39, 0.29) is 11.9 Å². The molecule has 1 amide bonds. The van der Waals surface area contributed by atoms with Crippen LogP contribution in [-0.4, -0.2) is 56.9 Å². The fourth-order valence-corrected chi connectivity index (χ4v) is 3.09. The van der Waals surface area contributed by atoms with Crippen LogP contribution < -0.4 is 5.32 Å². The second-order valence-corrected chi connectivity index (χ2v) is 5.78. The summed E-state index contributed by atoms with van der Waals surface area (Å²) in [5.41, 5.74) is 0. The zero-order chi connectivity index (χ0) is 14.4. The van der Waals surface area contributed by atoms with E-state index in [2.05, 4.69) is 21.7 Å². The molecule has 1 N–H and O–H groups in total. The Balaban J connectivity index is 1.98. The highest BCUT2D eigenvalue weighted by molar-refractivity contribution is 7.10. The van der Waals surface area contributed by atoms with E-state index in [1.54, 1.807) is 25.4 Å². The number of methoxy groups -OCH3 is 1. The van der Waals surface area contributed by atoms with Crippen LogP contribution in [0.1, 0.15) is 17.8 Å². The van der Waals surface area contributed by atoms with E-state index in [9.17, 15) is 4.79 Å². The molecule has 0 aromatic carbocycles. The van der Waals surface area contributed by atoms with Crippen molar-refractivity contribution < 1.29 is 14.3 Å². The van der Waals surface area contributed by atoms with E-state index in [0.717, 1.165) is 26.3 Å². The smallest absolute Gasteiger partial charge is 0.248 e. The number of morpholine rings is 1. The number of nitrogens with one attached hydrogen (secondary N) is 1. The predicted molar refractivity (Wildman–Crippen MR) is 78.9 cm³/mol. The minimum atomic E-state index is -0.413. The summed E-state index contributed by atoms with van der Waals surface area (Å²) in [6.07, 6.45) is -0.413. The molecule has 2 heterocycles. The van der Waals surface area contributed by atoms with Crippen molar-refractivity contribution in [2.24, 2.45) is 0 Å². The molecule has 1 aromatic rings. The predicted octanol–water partition coefficient (Wildman–Crippen LogP) is 1.27. The van der Waals surface area contributed by atoms with Crippen molar-refractivity contribution in [3.05, 3.63) is 22.4 Å². The van der Waals surface area contributed by atoms with Gasteiger partial charge in [-0.1, -0.05) is 6.07 Å². The van der Waals surface area contributed by atoms with Gasteiger partial charge in [-0.25, -0.2) is 0 Å². The van der Waals surface area contributed by atoms with Crippen LogP contribution in [-0.2, 0) is 14.3 Å². The molecule has 1 aromatic heterocycles. The minimum Gasteiger partial charge on any atom is -0.379 e. The number of amides is 1. The Labute approximate surface area is 123 Å². The summed E-state index contributed by atoms with van der Waals surface area (Å²) in [5, 5.41) is 5.05. The average Bonchev–Trinajstić information content (AvgIpc) is 3.01. The summed E-state index contributed by atoms with van der Waals surface area (Å²) in [5.74, 6) is -0.0673. The van der Waals surface area contributed by atoms with Gasteiger partial charge in [-0.2, -0.15) is 0 Å². The second-order valence-electron chi connectivity index (χ2n) is 4.80. The van der Waals surface area contributed by atoms with Gasteiger partial charge in [-0.05, 0) is 18.4 Å². The number of hydrogen-bond acceptors (Lipinski definition) is 5. The number of carbonyl (C=O) groups excluding carboxylic acids is 1. The third-order valence-corrected chi connectivity index (χ3v) is 4.52. The molecule has 0 saturated carbocycles. The number of thiophene rings is 1. The molecule has 2 atom stereocenters. The zero-order valence-corrected chi connectivity index (χ0v) is 12.8. The number of carbonyl (C=O) groups is 1. The average molecular weight is 298 g/mol. The highest BCUT2D eigenvalue weighted by Gasteiger charge is 2.24. The van der Waals surface area contributed by atoms with E-state index >= 15 is 0 Å². The maximum Gasteiger partial charge on any atom is 0.248 e. The molecular formula is C14H22N2O3S. The number of hydrogen-bond donors (Lipinski definition) is 1. The van der Waals surface area contributed by atoms with Crippen molar-refractivity contribution in [3.8, 4) is 0 Å². The second kappa shape index (κ2) is 7.73. The third kappa shape index (κ3) is 4.02.